The lowest BCUT2D eigenvalue weighted by Crippen LogP contribution is -2.07. The van der Waals surface area contributed by atoms with E-state index in [1.54, 1.807) is 6.07 Å². The minimum absolute atomic E-state index is 0.0586. The van der Waals surface area contributed by atoms with Crippen LogP contribution in [0.3, 0.4) is 0 Å². The molecule has 4 aromatic rings. The van der Waals surface area contributed by atoms with Crippen LogP contribution < -0.4 is 14.8 Å². The van der Waals surface area contributed by atoms with Crippen LogP contribution in [-0.4, -0.2) is 23.2 Å². The highest BCUT2D eigenvalue weighted by atomic mass is 19.1. The summed E-state index contributed by atoms with van der Waals surface area (Å²) in [5.74, 6) is -1.21. The first-order valence-electron chi connectivity index (χ1n) is 10.8. The number of halogens is 2. The number of aliphatic hydroxyl groups excluding tert-OH is 1. The minimum Gasteiger partial charge on any atom is -0.473 e. The van der Waals surface area contributed by atoms with Crippen molar-refractivity contribution in [3.05, 3.63) is 108 Å². The molecule has 0 aliphatic heterocycles. The van der Waals surface area contributed by atoms with Gasteiger partial charge in [-0.2, -0.15) is 4.98 Å². The minimum atomic E-state index is -0.773. The number of pyridine rings is 1. The molecule has 0 saturated carbocycles. The Hall–Kier alpha value is -3.97. The Bertz CT molecular complexity index is 1200. The molecule has 0 bridgehead atoms. The summed E-state index contributed by atoms with van der Waals surface area (Å²) in [6.07, 6.45) is 0. The van der Waals surface area contributed by atoms with Crippen molar-refractivity contribution in [1.29, 1.82) is 0 Å². The molecule has 0 spiro atoms. The van der Waals surface area contributed by atoms with Gasteiger partial charge in [-0.05, 0) is 29.3 Å². The lowest BCUT2D eigenvalue weighted by atomic mass is 10.0. The molecule has 1 heterocycles. The second-order valence-corrected chi connectivity index (χ2v) is 7.52. The van der Waals surface area contributed by atoms with Crippen LogP contribution in [0.4, 0.5) is 14.5 Å². The Labute approximate surface area is 196 Å². The monoisotopic (exact) mass is 462 g/mol. The summed E-state index contributed by atoms with van der Waals surface area (Å²) in [6.45, 7) is 0.483. The lowest BCUT2D eigenvalue weighted by molar-refractivity contribution is 0.268. The zero-order valence-electron chi connectivity index (χ0n) is 18.4. The summed E-state index contributed by atoms with van der Waals surface area (Å²) in [4.78, 5) is 4.41. The zero-order chi connectivity index (χ0) is 23.8. The van der Waals surface area contributed by atoms with Gasteiger partial charge in [-0.25, -0.2) is 8.78 Å². The quantitative estimate of drug-likeness (QED) is 0.322. The van der Waals surface area contributed by atoms with E-state index in [-0.39, 0.29) is 48.3 Å². The molecule has 0 aliphatic carbocycles. The maximum Gasteiger partial charge on any atom is 0.225 e. The highest BCUT2D eigenvalue weighted by molar-refractivity contribution is 5.72. The molecule has 0 amide bonds. The van der Waals surface area contributed by atoms with Crippen molar-refractivity contribution in [1.82, 2.24) is 4.98 Å². The largest absolute Gasteiger partial charge is 0.473 e. The number of anilines is 1. The van der Waals surface area contributed by atoms with Crippen molar-refractivity contribution < 1.29 is 23.4 Å². The van der Waals surface area contributed by atoms with Gasteiger partial charge in [-0.3, -0.25) is 0 Å². The summed E-state index contributed by atoms with van der Waals surface area (Å²) in [6, 6.07) is 24.5. The zero-order valence-corrected chi connectivity index (χ0v) is 18.4. The van der Waals surface area contributed by atoms with E-state index < -0.39 is 11.6 Å². The average Bonchev–Trinajstić information content (AvgIpc) is 2.86. The van der Waals surface area contributed by atoms with Crippen LogP contribution in [0.1, 0.15) is 11.1 Å². The molecule has 0 fully saturated rings. The van der Waals surface area contributed by atoms with Gasteiger partial charge >= 0.3 is 0 Å². The third kappa shape index (κ3) is 5.88. The van der Waals surface area contributed by atoms with Crippen molar-refractivity contribution in [3.63, 3.8) is 0 Å². The fraction of sp³-hybridized carbons (Fsp3) is 0.148. The van der Waals surface area contributed by atoms with Gasteiger partial charge in [0, 0.05) is 18.3 Å². The molecule has 34 heavy (non-hydrogen) atoms. The summed E-state index contributed by atoms with van der Waals surface area (Å²) in [5.41, 5.74) is 2.00. The van der Waals surface area contributed by atoms with Gasteiger partial charge in [-0.1, -0.05) is 60.7 Å². The Kier molecular flexibility index (Phi) is 7.67. The number of aliphatic hydroxyl groups is 1. The standard InChI is InChI=1S/C27H24F2N2O3/c28-23-15-21(30-13-14-32)16-24(29)26(23)22-11-12-25(33-17-19-7-3-1-4-8-19)31-27(22)34-18-20-9-5-2-6-10-20/h1-12,15-16,30,32H,13-14,17-18H2. The number of aromatic nitrogens is 1. The van der Waals surface area contributed by atoms with Gasteiger partial charge in [0.25, 0.3) is 0 Å². The van der Waals surface area contributed by atoms with Crippen molar-refractivity contribution in [2.24, 2.45) is 0 Å². The second kappa shape index (κ2) is 11.2. The predicted molar refractivity (Wildman–Crippen MR) is 127 cm³/mol. The van der Waals surface area contributed by atoms with E-state index in [4.69, 9.17) is 14.6 Å². The Morgan fingerprint density at radius 2 is 1.35 bits per heavy atom. The third-order valence-electron chi connectivity index (χ3n) is 5.04. The number of hydrogen-bond donors (Lipinski definition) is 2. The molecule has 3 aromatic carbocycles. The highest BCUT2D eigenvalue weighted by Gasteiger charge is 2.20. The van der Waals surface area contributed by atoms with Crippen LogP contribution >= 0.6 is 0 Å². The second-order valence-electron chi connectivity index (χ2n) is 7.52. The van der Waals surface area contributed by atoms with E-state index in [2.05, 4.69) is 10.3 Å². The Morgan fingerprint density at radius 1 is 0.765 bits per heavy atom. The highest BCUT2D eigenvalue weighted by Crippen LogP contribution is 2.36. The van der Waals surface area contributed by atoms with Crippen LogP contribution in [0.25, 0.3) is 11.1 Å². The fourth-order valence-electron chi connectivity index (χ4n) is 3.39. The first kappa shape index (κ1) is 23.2. The SMILES string of the molecule is OCCNc1cc(F)c(-c2ccc(OCc3ccccc3)nc2OCc2ccccc2)c(F)c1. The van der Waals surface area contributed by atoms with Crippen LogP contribution in [0.5, 0.6) is 11.8 Å². The summed E-state index contributed by atoms with van der Waals surface area (Å²) < 4.78 is 41.6. The van der Waals surface area contributed by atoms with Gasteiger partial charge in [0.2, 0.25) is 11.8 Å². The van der Waals surface area contributed by atoms with Crippen LogP contribution in [0.2, 0.25) is 0 Å². The summed E-state index contributed by atoms with van der Waals surface area (Å²) in [5, 5.41) is 11.7. The molecule has 2 N–H and O–H groups in total. The molecule has 4 rings (SSSR count). The topological polar surface area (TPSA) is 63.6 Å². The average molecular weight is 462 g/mol. The number of ether oxygens (including phenoxy) is 2. The molecule has 1 aromatic heterocycles. The number of hydrogen-bond acceptors (Lipinski definition) is 5. The lowest BCUT2D eigenvalue weighted by Gasteiger charge is -2.15. The molecule has 0 radical (unpaired) electrons. The maximum absolute atomic E-state index is 15.0. The summed E-state index contributed by atoms with van der Waals surface area (Å²) >= 11 is 0. The number of rotatable bonds is 10. The molecule has 0 atom stereocenters. The van der Waals surface area contributed by atoms with Crippen LogP contribution in [-0.2, 0) is 13.2 Å². The normalized spacial score (nSPS) is 10.7. The van der Waals surface area contributed by atoms with E-state index in [9.17, 15) is 8.78 Å². The molecule has 7 heteroatoms. The Morgan fingerprint density at radius 3 is 1.94 bits per heavy atom. The molecule has 0 saturated heterocycles. The van der Waals surface area contributed by atoms with E-state index in [1.807, 2.05) is 60.7 Å². The number of nitrogens with one attached hydrogen (secondary N) is 1. The van der Waals surface area contributed by atoms with Gasteiger partial charge in [0.15, 0.2) is 0 Å². The van der Waals surface area contributed by atoms with Crippen LogP contribution in [0, 0.1) is 11.6 Å². The van der Waals surface area contributed by atoms with Gasteiger partial charge in [0.1, 0.15) is 24.8 Å². The number of benzene rings is 3. The number of nitrogens with zero attached hydrogens (tertiary/aromatic N) is 1. The van der Waals surface area contributed by atoms with Gasteiger partial charge < -0.3 is 19.9 Å². The smallest absolute Gasteiger partial charge is 0.225 e. The van der Waals surface area contributed by atoms with Crippen molar-refractivity contribution >= 4 is 5.69 Å². The van der Waals surface area contributed by atoms with E-state index in [0.29, 0.717) is 6.61 Å². The van der Waals surface area contributed by atoms with Crippen molar-refractivity contribution in [3.8, 4) is 22.9 Å². The maximum atomic E-state index is 15.0. The van der Waals surface area contributed by atoms with Crippen molar-refractivity contribution in [2.45, 2.75) is 13.2 Å². The van der Waals surface area contributed by atoms with Gasteiger partial charge in [0.05, 0.1) is 17.7 Å². The van der Waals surface area contributed by atoms with Gasteiger partial charge in [-0.15, -0.1) is 0 Å². The predicted octanol–water partition coefficient (Wildman–Crippen LogP) is 5.59. The summed E-state index contributed by atoms with van der Waals surface area (Å²) in [7, 11) is 0. The molecular formula is C27H24F2N2O3. The van der Waals surface area contributed by atoms with Crippen molar-refractivity contribution in [2.75, 3.05) is 18.5 Å². The third-order valence-corrected chi connectivity index (χ3v) is 5.04. The first-order chi connectivity index (χ1) is 16.6. The molecule has 174 valence electrons. The molecule has 0 aliphatic rings. The Balaban J connectivity index is 1.65. The first-order valence-corrected chi connectivity index (χ1v) is 10.8. The molecular weight excluding hydrogens is 438 g/mol. The fourth-order valence-corrected chi connectivity index (χ4v) is 3.39. The van der Waals surface area contributed by atoms with E-state index in [1.165, 1.54) is 18.2 Å². The molecule has 5 nitrogen and oxygen atoms in total. The molecule has 0 unspecified atom stereocenters. The van der Waals surface area contributed by atoms with E-state index >= 15 is 0 Å². The van der Waals surface area contributed by atoms with Crippen LogP contribution in [0.15, 0.2) is 84.9 Å². The van der Waals surface area contributed by atoms with E-state index in [0.717, 1.165) is 11.1 Å².